The number of hydrogen-bond donors (Lipinski definition) is 1. The summed E-state index contributed by atoms with van der Waals surface area (Å²) in [5.41, 5.74) is 3.32. The molecule has 0 aromatic heterocycles. The van der Waals surface area contributed by atoms with Crippen LogP contribution in [0.1, 0.15) is 55.2 Å². The largest absolute Gasteiger partial charge is 0.378 e. The SMILES string of the molecule is Cc1ccc(S(=O)(=O)N(CC(=O)NCCCOC2CCCCC2)c2ccc(C)cc2C)cc1. The van der Waals surface area contributed by atoms with Crippen LogP contribution in [-0.4, -0.2) is 40.1 Å². The van der Waals surface area contributed by atoms with Gasteiger partial charge >= 0.3 is 0 Å². The van der Waals surface area contributed by atoms with Gasteiger partial charge in [-0.15, -0.1) is 0 Å². The maximum atomic E-state index is 13.5. The average Bonchev–Trinajstić information content (AvgIpc) is 2.78. The van der Waals surface area contributed by atoms with Gasteiger partial charge in [-0.2, -0.15) is 0 Å². The molecule has 33 heavy (non-hydrogen) atoms. The van der Waals surface area contributed by atoms with Crippen LogP contribution >= 0.6 is 0 Å². The van der Waals surface area contributed by atoms with Crippen molar-refractivity contribution in [3.63, 3.8) is 0 Å². The molecule has 1 saturated carbocycles. The van der Waals surface area contributed by atoms with Gasteiger partial charge in [0, 0.05) is 13.2 Å². The molecule has 2 aromatic rings. The smallest absolute Gasteiger partial charge is 0.264 e. The Morgan fingerprint density at radius 1 is 1.00 bits per heavy atom. The minimum absolute atomic E-state index is 0.168. The fourth-order valence-corrected chi connectivity index (χ4v) is 5.68. The van der Waals surface area contributed by atoms with Crippen LogP contribution < -0.4 is 9.62 Å². The lowest BCUT2D eigenvalue weighted by atomic mass is 9.98. The monoisotopic (exact) mass is 472 g/mol. The molecular formula is C26H36N2O4S. The quantitative estimate of drug-likeness (QED) is 0.510. The Morgan fingerprint density at radius 3 is 2.33 bits per heavy atom. The number of anilines is 1. The second-order valence-electron chi connectivity index (χ2n) is 8.95. The zero-order valence-electron chi connectivity index (χ0n) is 20.0. The number of aryl methyl sites for hydroxylation is 3. The van der Waals surface area contributed by atoms with Gasteiger partial charge in [0.2, 0.25) is 5.91 Å². The molecule has 180 valence electrons. The Kier molecular flexibility index (Phi) is 8.92. The molecule has 1 amide bonds. The van der Waals surface area contributed by atoms with Crippen LogP contribution in [0.25, 0.3) is 0 Å². The lowest BCUT2D eigenvalue weighted by Crippen LogP contribution is -2.41. The Hall–Kier alpha value is -2.38. The molecule has 0 atom stereocenters. The van der Waals surface area contributed by atoms with E-state index in [1.54, 1.807) is 30.3 Å². The van der Waals surface area contributed by atoms with Crippen LogP contribution in [0.2, 0.25) is 0 Å². The minimum Gasteiger partial charge on any atom is -0.378 e. The number of nitrogens with zero attached hydrogens (tertiary/aromatic N) is 1. The van der Waals surface area contributed by atoms with E-state index in [9.17, 15) is 13.2 Å². The predicted octanol–water partition coefficient (Wildman–Crippen LogP) is 4.66. The molecule has 0 aliphatic heterocycles. The number of nitrogens with one attached hydrogen (secondary N) is 1. The highest BCUT2D eigenvalue weighted by molar-refractivity contribution is 7.92. The summed E-state index contributed by atoms with van der Waals surface area (Å²) in [4.78, 5) is 12.9. The molecular weight excluding hydrogens is 436 g/mol. The molecule has 0 heterocycles. The third-order valence-electron chi connectivity index (χ3n) is 6.07. The van der Waals surface area contributed by atoms with E-state index in [0.717, 1.165) is 29.5 Å². The molecule has 0 saturated heterocycles. The second-order valence-corrected chi connectivity index (χ2v) is 10.8. The maximum absolute atomic E-state index is 13.5. The van der Waals surface area contributed by atoms with Gasteiger partial charge in [0.05, 0.1) is 16.7 Å². The number of benzene rings is 2. The molecule has 0 unspecified atom stereocenters. The molecule has 0 radical (unpaired) electrons. The van der Waals surface area contributed by atoms with Gasteiger partial charge in [0.15, 0.2) is 0 Å². The third kappa shape index (κ3) is 7.05. The van der Waals surface area contributed by atoms with Crippen LogP contribution in [0.5, 0.6) is 0 Å². The molecule has 3 rings (SSSR count). The minimum atomic E-state index is -3.90. The topological polar surface area (TPSA) is 75.7 Å². The molecule has 6 nitrogen and oxygen atoms in total. The van der Waals surface area contributed by atoms with E-state index < -0.39 is 10.0 Å². The summed E-state index contributed by atoms with van der Waals surface area (Å²) in [6, 6.07) is 12.2. The standard InChI is InChI=1S/C26H36N2O4S/c1-20-10-13-24(14-11-20)33(30,31)28(25-15-12-21(2)18-22(25)3)19-26(29)27-16-7-17-32-23-8-5-4-6-9-23/h10-15,18,23H,4-9,16-17,19H2,1-3H3,(H,27,29). The zero-order valence-corrected chi connectivity index (χ0v) is 20.8. The maximum Gasteiger partial charge on any atom is 0.264 e. The first-order valence-electron chi connectivity index (χ1n) is 11.8. The Labute approximate surface area is 198 Å². The van der Waals surface area contributed by atoms with Crippen molar-refractivity contribution in [3.8, 4) is 0 Å². The van der Waals surface area contributed by atoms with Crippen molar-refractivity contribution >= 4 is 21.6 Å². The van der Waals surface area contributed by atoms with Gasteiger partial charge in [0.1, 0.15) is 6.54 Å². The highest BCUT2D eigenvalue weighted by Gasteiger charge is 2.28. The summed E-state index contributed by atoms with van der Waals surface area (Å²) in [5, 5.41) is 2.86. The number of rotatable bonds is 10. The normalized spacial score (nSPS) is 14.8. The van der Waals surface area contributed by atoms with Crippen molar-refractivity contribution in [1.82, 2.24) is 5.32 Å². The van der Waals surface area contributed by atoms with Crippen LogP contribution in [0.15, 0.2) is 47.4 Å². The third-order valence-corrected chi connectivity index (χ3v) is 7.84. The van der Waals surface area contributed by atoms with Crippen LogP contribution in [0.3, 0.4) is 0 Å². The summed E-state index contributed by atoms with van der Waals surface area (Å²) < 4.78 is 34.1. The highest BCUT2D eigenvalue weighted by atomic mass is 32.2. The van der Waals surface area contributed by atoms with E-state index in [2.05, 4.69) is 5.32 Å². The van der Waals surface area contributed by atoms with Crippen molar-refractivity contribution in [1.29, 1.82) is 0 Å². The first kappa shape index (κ1) is 25.2. The molecule has 1 N–H and O–H groups in total. The van der Waals surface area contributed by atoms with Crippen molar-refractivity contribution in [2.45, 2.75) is 70.3 Å². The van der Waals surface area contributed by atoms with Crippen molar-refractivity contribution < 1.29 is 17.9 Å². The van der Waals surface area contributed by atoms with Gasteiger partial charge in [-0.05, 0) is 63.8 Å². The summed E-state index contributed by atoms with van der Waals surface area (Å²) in [5.74, 6) is -0.330. The van der Waals surface area contributed by atoms with Gasteiger partial charge in [-0.1, -0.05) is 54.7 Å². The zero-order chi connectivity index (χ0) is 23.8. The van der Waals surface area contributed by atoms with Gasteiger partial charge < -0.3 is 10.1 Å². The number of sulfonamides is 1. The van der Waals surface area contributed by atoms with Crippen molar-refractivity contribution in [3.05, 3.63) is 59.2 Å². The fraction of sp³-hybridized carbons (Fsp3) is 0.500. The van der Waals surface area contributed by atoms with E-state index in [-0.39, 0.29) is 17.3 Å². The summed E-state index contributed by atoms with van der Waals surface area (Å²) in [6.07, 6.45) is 7.03. The molecule has 1 aliphatic rings. The molecule has 1 fully saturated rings. The molecule has 0 bridgehead atoms. The molecule has 2 aromatic carbocycles. The number of amides is 1. The predicted molar refractivity (Wildman–Crippen MR) is 132 cm³/mol. The van der Waals surface area contributed by atoms with Gasteiger partial charge in [0.25, 0.3) is 10.0 Å². The van der Waals surface area contributed by atoms with E-state index >= 15 is 0 Å². The van der Waals surface area contributed by atoms with Gasteiger partial charge in [-0.25, -0.2) is 8.42 Å². The van der Waals surface area contributed by atoms with E-state index in [1.165, 1.54) is 23.6 Å². The van der Waals surface area contributed by atoms with Crippen molar-refractivity contribution in [2.24, 2.45) is 0 Å². The molecule has 1 aliphatic carbocycles. The van der Waals surface area contributed by atoms with Crippen molar-refractivity contribution in [2.75, 3.05) is 24.0 Å². The van der Waals surface area contributed by atoms with Crippen LogP contribution in [-0.2, 0) is 19.6 Å². The average molecular weight is 473 g/mol. The van der Waals surface area contributed by atoms with E-state index in [1.807, 2.05) is 32.9 Å². The first-order chi connectivity index (χ1) is 15.8. The number of ether oxygens (including phenoxy) is 1. The lowest BCUT2D eigenvalue weighted by Gasteiger charge is -2.26. The number of hydrogen-bond acceptors (Lipinski definition) is 4. The Morgan fingerprint density at radius 2 is 1.67 bits per heavy atom. The molecule has 0 spiro atoms. The van der Waals surface area contributed by atoms with Crippen LogP contribution in [0, 0.1) is 20.8 Å². The molecule has 7 heteroatoms. The fourth-order valence-electron chi connectivity index (χ4n) is 4.19. The Balaban J connectivity index is 1.66. The lowest BCUT2D eigenvalue weighted by molar-refractivity contribution is -0.119. The first-order valence-corrected chi connectivity index (χ1v) is 13.3. The summed E-state index contributed by atoms with van der Waals surface area (Å²) in [7, 11) is -3.90. The van der Waals surface area contributed by atoms with E-state index in [4.69, 9.17) is 4.74 Å². The number of carbonyl (C=O) groups excluding carboxylic acids is 1. The number of carbonyl (C=O) groups is 1. The van der Waals surface area contributed by atoms with Gasteiger partial charge in [-0.3, -0.25) is 9.10 Å². The highest BCUT2D eigenvalue weighted by Crippen LogP contribution is 2.27. The van der Waals surface area contributed by atoms with E-state index in [0.29, 0.717) is 31.4 Å². The van der Waals surface area contributed by atoms with Crippen LogP contribution in [0.4, 0.5) is 5.69 Å². The summed E-state index contributed by atoms with van der Waals surface area (Å²) >= 11 is 0. The Bertz CT molecular complexity index is 1030. The summed E-state index contributed by atoms with van der Waals surface area (Å²) in [6.45, 7) is 6.51. The second kappa shape index (κ2) is 11.7.